The third kappa shape index (κ3) is 3.71. The van der Waals surface area contributed by atoms with E-state index in [1.54, 1.807) is 0 Å². The van der Waals surface area contributed by atoms with Crippen molar-refractivity contribution in [2.24, 2.45) is 0 Å². The van der Waals surface area contributed by atoms with E-state index in [2.05, 4.69) is 49.6 Å². The second-order valence-corrected chi connectivity index (χ2v) is 9.41. The first-order valence-electron chi connectivity index (χ1n) is 11.2. The Morgan fingerprint density at radius 2 is 1.81 bits per heavy atom. The minimum atomic E-state index is -4.52. The van der Waals surface area contributed by atoms with E-state index >= 15 is 0 Å². The number of rotatable bonds is 5. The van der Waals surface area contributed by atoms with Gasteiger partial charge in [-0.3, -0.25) is 4.90 Å². The number of benzene rings is 1. The maximum Gasteiger partial charge on any atom is 0.421 e. The molecule has 2 aromatic rings. The van der Waals surface area contributed by atoms with Crippen molar-refractivity contribution in [3.8, 4) is 0 Å². The average molecular weight is 447 g/mol. The van der Waals surface area contributed by atoms with Crippen LogP contribution in [0.5, 0.6) is 0 Å². The van der Waals surface area contributed by atoms with Crippen LogP contribution in [0, 0.1) is 0 Å². The van der Waals surface area contributed by atoms with E-state index in [0.717, 1.165) is 37.6 Å². The molecule has 32 heavy (non-hydrogen) atoms. The molecule has 0 amide bonds. The van der Waals surface area contributed by atoms with Crippen LogP contribution >= 0.6 is 0 Å². The van der Waals surface area contributed by atoms with E-state index in [0.29, 0.717) is 12.1 Å². The molecule has 1 saturated heterocycles. The zero-order chi connectivity index (χ0) is 22.6. The summed E-state index contributed by atoms with van der Waals surface area (Å²) in [6.07, 6.45) is 1.40. The Kier molecular flexibility index (Phi) is 5.28. The monoisotopic (exact) mass is 446 g/mol. The lowest BCUT2D eigenvalue weighted by Gasteiger charge is -2.28. The number of hydrogen-bond acceptors (Lipinski definition) is 6. The molecule has 9 heteroatoms. The van der Waals surface area contributed by atoms with Gasteiger partial charge in [0.05, 0.1) is 0 Å². The molecule has 2 unspecified atom stereocenters. The van der Waals surface area contributed by atoms with E-state index in [1.165, 1.54) is 17.5 Å². The second kappa shape index (κ2) is 7.88. The molecule has 4 atom stereocenters. The van der Waals surface area contributed by atoms with Crippen LogP contribution in [-0.2, 0) is 6.18 Å². The molecule has 172 valence electrons. The molecule has 3 aliphatic rings. The fourth-order valence-corrected chi connectivity index (χ4v) is 5.73. The summed E-state index contributed by atoms with van der Waals surface area (Å²) in [4.78, 5) is 12.7. The summed E-state index contributed by atoms with van der Waals surface area (Å²) >= 11 is 0. The Hall–Kier alpha value is -2.39. The first kappa shape index (κ1) is 21.5. The standard InChI is InChI=1S/C23H29F3N6/c1-31(2)20-6-4-5-17(20)29-21-16(23(24,25)26)12-27-22(30-21)28-13-7-8-14-15(11-13)19-10-9-18(14)32(19)3/h7-8,11-12,17-20H,4-6,9-10H2,1-3H3,(H2,27,28,29,30)/t17-,18?,19?,20-/m1/s1. The highest BCUT2D eigenvalue weighted by Crippen LogP contribution is 2.52. The van der Waals surface area contributed by atoms with Crippen molar-refractivity contribution >= 4 is 17.5 Å². The van der Waals surface area contributed by atoms with Crippen molar-refractivity contribution in [2.75, 3.05) is 31.8 Å². The van der Waals surface area contributed by atoms with Gasteiger partial charge in [0.15, 0.2) is 0 Å². The van der Waals surface area contributed by atoms with Gasteiger partial charge in [-0.2, -0.15) is 18.2 Å². The molecule has 2 aliphatic heterocycles. The molecule has 6 nitrogen and oxygen atoms in total. The Balaban J connectivity index is 1.41. The lowest BCUT2D eigenvalue weighted by Crippen LogP contribution is -2.39. The fourth-order valence-electron chi connectivity index (χ4n) is 5.73. The molecule has 2 fully saturated rings. The highest BCUT2D eigenvalue weighted by molar-refractivity contribution is 5.60. The second-order valence-electron chi connectivity index (χ2n) is 9.41. The predicted molar refractivity (Wildman–Crippen MR) is 118 cm³/mol. The Bertz CT molecular complexity index is 1010. The molecule has 3 heterocycles. The quantitative estimate of drug-likeness (QED) is 0.678. The highest BCUT2D eigenvalue weighted by atomic mass is 19.4. The van der Waals surface area contributed by atoms with Gasteiger partial charge in [0, 0.05) is 36.1 Å². The van der Waals surface area contributed by atoms with Crippen LogP contribution in [0.2, 0.25) is 0 Å². The van der Waals surface area contributed by atoms with Gasteiger partial charge < -0.3 is 15.5 Å². The molecule has 1 aromatic carbocycles. The van der Waals surface area contributed by atoms with Crippen LogP contribution in [0.4, 0.5) is 30.6 Å². The van der Waals surface area contributed by atoms with Gasteiger partial charge in [0.2, 0.25) is 5.95 Å². The summed E-state index contributed by atoms with van der Waals surface area (Å²) in [6.45, 7) is 0. The number of alkyl halides is 3. The number of nitrogens with one attached hydrogen (secondary N) is 2. The minimum absolute atomic E-state index is 0.0834. The van der Waals surface area contributed by atoms with Crippen LogP contribution in [-0.4, -0.2) is 53.0 Å². The molecule has 0 radical (unpaired) electrons. The summed E-state index contributed by atoms with van der Waals surface area (Å²) in [5, 5.41) is 6.21. The van der Waals surface area contributed by atoms with Crippen LogP contribution in [0.1, 0.15) is 60.9 Å². The SMILES string of the molecule is CN1C2CCC1c1cc(Nc3ncc(C(F)(F)F)c(N[C@@H]4CCC[C@H]4N(C)C)n3)ccc12. The van der Waals surface area contributed by atoms with Gasteiger partial charge in [-0.05, 0) is 76.5 Å². The van der Waals surface area contributed by atoms with Crippen LogP contribution in [0.3, 0.4) is 0 Å². The Labute approximate surface area is 186 Å². The zero-order valence-corrected chi connectivity index (χ0v) is 18.6. The summed E-state index contributed by atoms with van der Waals surface area (Å²) in [5.74, 6) is 0.00469. The summed E-state index contributed by atoms with van der Waals surface area (Å²) in [6, 6.07) is 7.13. The lowest BCUT2D eigenvalue weighted by atomic mass is 9.91. The summed E-state index contributed by atoms with van der Waals surface area (Å²) in [7, 11) is 6.07. The normalized spacial score (nSPS) is 27.2. The largest absolute Gasteiger partial charge is 0.421 e. The van der Waals surface area contributed by atoms with Gasteiger partial charge >= 0.3 is 6.18 Å². The van der Waals surface area contributed by atoms with Crippen LogP contribution in [0.15, 0.2) is 24.4 Å². The molecule has 1 saturated carbocycles. The van der Waals surface area contributed by atoms with Gasteiger partial charge in [-0.25, -0.2) is 4.98 Å². The first-order valence-corrected chi connectivity index (χ1v) is 11.2. The van der Waals surface area contributed by atoms with E-state index in [4.69, 9.17) is 0 Å². The Morgan fingerprint density at radius 1 is 1.06 bits per heavy atom. The molecular weight excluding hydrogens is 417 g/mol. The number of nitrogens with zero attached hydrogens (tertiary/aromatic N) is 4. The zero-order valence-electron chi connectivity index (χ0n) is 18.6. The minimum Gasteiger partial charge on any atom is -0.365 e. The van der Waals surface area contributed by atoms with Gasteiger partial charge in [0.25, 0.3) is 0 Å². The number of likely N-dealkylation sites (N-methyl/N-ethyl adjacent to an activating group) is 1. The van der Waals surface area contributed by atoms with E-state index < -0.39 is 11.7 Å². The molecule has 0 spiro atoms. The number of aromatic nitrogens is 2. The van der Waals surface area contributed by atoms with Crippen LogP contribution < -0.4 is 10.6 Å². The van der Waals surface area contributed by atoms with Crippen molar-refractivity contribution in [2.45, 2.75) is 62.4 Å². The molecule has 1 aromatic heterocycles. The van der Waals surface area contributed by atoms with Crippen molar-refractivity contribution in [3.05, 3.63) is 41.1 Å². The van der Waals surface area contributed by atoms with E-state index in [-0.39, 0.29) is 23.8 Å². The fraction of sp³-hybridized carbons (Fsp3) is 0.565. The molecule has 2 N–H and O–H groups in total. The first-order chi connectivity index (χ1) is 15.2. The molecule has 5 rings (SSSR count). The number of anilines is 3. The van der Waals surface area contributed by atoms with E-state index in [1.807, 2.05) is 20.2 Å². The van der Waals surface area contributed by atoms with Gasteiger partial charge in [-0.15, -0.1) is 0 Å². The smallest absolute Gasteiger partial charge is 0.365 e. The van der Waals surface area contributed by atoms with Crippen molar-refractivity contribution in [1.29, 1.82) is 0 Å². The predicted octanol–water partition coefficient (Wildman–Crippen LogP) is 4.96. The number of halogens is 3. The van der Waals surface area contributed by atoms with Gasteiger partial charge in [-0.1, -0.05) is 6.07 Å². The summed E-state index contributed by atoms with van der Waals surface area (Å²) in [5.41, 5.74) is 2.60. The van der Waals surface area contributed by atoms with Crippen molar-refractivity contribution in [1.82, 2.24) is 19.8 Å². The molecule has 1 aliphatic carbocycles. The highest BCUT2D eigenvalue weighted by Gasteiger charge is 2.41. The maximum absolute atomic E-state index is 13.7. The average Bonchev–Trinajstić information content (AvgIpc) is 3.41. The van der Waals surface area contributed by atoms with Crippen molar-refractivity contribution < 1.29 is 13.2 Å². The third-order valence-electron chi connectivity index (χ3n) is 7.32. The number of hydrogen-bond donors (Lipinski definition) is 2. The lowest BCUT2D eigenvalue weighted by molar-refractivity contribution is -0.137. The van der Waals surface area contributed by atoms with Gasteiger partial charge in [0.1, 0.15) is 11.4 Å². The summed E-state index contributed by atoms with van der Waals surface area (Å²) < 4.78 is 41.0. The number of fused-ring (bicyclic) bond motifs is 5. The van der Waals surface area contributed by atoms with Crippen molar-refractivity contribution in [3.63, 3.8) is 0 Å². The third-order valence-corrected chi connectivity index (χ3v) is 7.32. The molecular formula is C23H29F3N6. The topological polar surface area (TPSA) is 56.3 Å². The van der Waals surface area contributed by atoms with E-state index in [9.17, 15) is 13.2 Å². The molecule has 2 bridgehead atoms. The maximum atomic E-state index is 13.7. The van der Waals surface area contributed by atoms with Crippen LogP contribution in [0.25, 0.3) is 0 Å². The Morgan fingerprint density at radius 3 is 2.53 bits per heavy atom.